The second-order valence-electron chi connectivity index (χ2n) is 4.83. The van der Waals surface area contributed by atoms with Gasteiger partial charge in [0.15, 0.2) is 11.5 Å². The first-order chi connectivity index (χ1) is 8.72. The number of hydrogen-bond donors (Lipinski definition) is 2. The summed E-state index contributed by atoms with van der Waals surface area (Å²) < 4.78 is 5.14. The predicted molar refractivity (Wildman–Crippen MR) is 66.4 cm³/mol. The van der Waals surface area contributed by atoms with E-state index in [2.05, 4.69) is 17.0 Å². The third-order valence-corrected chi connectivity index (χ3v) is 3.37. The number of carbonyl (C=O) groups excluding carboxylic acids is 1. The summed E-state index contributed by atoms with van der Waals surface area (Å²) in [5.74, 6) is 6.13. The van der Waals surface area contributed by atoms with E-state index in [9.17, 15) is 4.79 Å². The van der Waals surface area contributed by atoms with Crippen molar-refractivity contribution in [2.75, 3.05) is 13.1 Å². The first-order valence-electron chi connectivity index (χ1n) is 6.41. The molecule has 0 saturated carbocycles. The van der Waals surface area contributed by atoms with Gasteiger partial charge in [-0.3, -0.25) is 15.1 Å². The van der Waals surface area contributed by atoms with E-state index in [0.717, 1.165) is 19.0 Å². The Bertz CT molecular complexity index is 405. The highest BCUT2D eigenvalue weighted by atomic mass is 16.5. The van der Waals surface area contributed by atoms with Crippen molar-refractivity contribution in [3.63, 3.8) is 0 Å². The Kier molecular flexibility index (Phi) is 4.33. The molecule has 1 saturated heterocycles. The normalized spacial score (nSPS) is 20.2. The number of likely N-dealkylation sites (tertiary alicyclic amines) is 1. The lowest BCUT2D eigenvalue weighted by molar-refractivity contribution is 0.0944. The van der Waals surface area contributed by atoms with Crippen LogP contribution in [-0.4, -0.2) is 29.1 Å². The van der Waals surface area contributed by atoms with Crippen LogP contribution in [0.3, 0.4) is 0 Å². The quantitative estimate of drug-likeness (QED) is 0.462. The molecule has 1 aromatic rings. The van der Waals surface area contributed by atoms with Gasteiger partial charge in [-0.25, -0.2) is 5.84 Å². The lowest BCUT2D eigenvalue weighted by atomic mass is 10.0. The van der Waals surface area contributed by atoms with Gasteiger partial charge >= 0.3 is 0 Å². The lowest BCUT2D eigenvalue weighted by Crippen LogP contribution is -2.30. The van der Waals surface area contributed by atoms with Crippen LogP contribution in [0, 0.1) is 5.92 Å². The minimum atomic E-state index is -0.421. The van der Waals surface area contributed by atoms with E-state index >= 15 is 0 Å². The molecule has 3 N–H and O–H groups in total. The number of carbonyl (C=O) groups is 1. The van der Waals surface area contributed by atoms with Gasteiger partial charge in [0, 0.05) is 12.6 Å². The van der Waals surface area contributed by atoms with Crippen LogP contribution in [0.1, 0.15) is 42.4 Å². The number of nitrogens with two attached hydrogens (primary N) is 1. The van der Waals surface area contributed by atoms with E-state index in [1.165, 1.54) is 19.3 Å². The largest absolute Gasteiger partial charge is 0.359 e. The number of nitrogens with one attached hydrogen (secondary N) is 1. The van der Waals surface area contributed by atoms with Crippen molar-refractivity contribution in [1.82, 2.24) is 15.5 Å². The summed E-state index contributed by atoms with van der Waals surface area (Å²) in [6, 6.07) is 1.65. The van der Waals surface area contributed by atoms with Gasteiger partial charge < -0.3 is 4.52 Å². The molecular weight excluding hydrogens is 232 g/mol. The third-order valence-electron chi connectivity index (χ3n) is 3.37. The van der Waals surface area contributed by atoms with E-state index in [-0.39, 0.29) is 5.69 Å². The van der Waals surface area contributed by atoms with Gasteiger partial charge in [-0.1, -0.05) is 18.5 Å². The molecule has 6 heteroatoms. The van der Waals surface area contributed by atoms with Crippen molar-refractivity contribution in [3.05, 3.63) is 17.5 Å². The topological polar surface area (TPSA) is 84.4 Å². The Morgan fingerprint density at radius 1 is 1.72 bits per heavy atom. The molecule has 1 aliphatic heterocycles. The lowest BCUT2D eigenvalue weighted by Gasteiger charge is -2.13. The molecular formula is C12H20N4O2. The Balaban J connectivity index is 1.87. The second kappa shape index (κ2) is 5.97. The molecule has 18 heavy (non-hydrogen) atoms. The molecule has 1 amide bonds. The third kappa shape index (κ3) is 3.08. The fraction of sp³-hybridized carbons (Fsp3) is 0.667. The first-order valence-corrected chi connectivity index (χ1v) is 6.41. The highest BCUT2D eigenvalue weighted by Crippen LogP contribution is 2.22. The summed E-state index contributed by atoms with van der Waals surface area (Å²) in [6.07, 6.45) is 3.77. The summed E-state index contributed by atoms with van der Waals surface area (Å²) in [5.41, 5.74) is 2.27. The van der Waals surface area contributed by atoms with Crippen molar-refractivity contribution < 1.29 is 9.32 Å². The Labute approximate surface area is 106 Å². The average Bonchev–Trinajstić information content (AvgIpc) is 2.99. The van der Waals surface area contributed by atoms with Crippen molar-refractivity contribution >= 4 is 5.91 Å². The molecule has 0 aliphatic carbocycles. The standard InChI is InChI=1S/C12H20N4O2/c1-2-3-9-4-5-16(7-9)8-10-6-11(15-18-10)12(17)14-13/h6,9H,2-5,7-8,13H2,1H3,(H,14,17). The number of nitrogen functional groups attached to an aromatic ring is 1. The molecule has 1 atom stereocenters. The van der Waals surface area contributed by atoms with Gasteiger partial charge in [-0.2, -0.15) is 0 Å². The van der Waals surface area contributed by atoms with E-state index < -0.39 is 5.91 Å². The van der Waals surface area contributed by atoms with Crippen LogP contribution in [0.25, 0.3) is 0 Å². The van der Waals surface area contributed by atoms with Gasteiger partial charge in [-0.05, 0) is 25.3 Å². The Morgan fingerprint density at radius 3 is 3.28 bits per heavy atom. The zero-order valence-electron chi connectivity index (χ0n) is 10.7. The summed E-state index contributed by atoms with van der Waals surface area (Å²) in [6.45, 7) is 5.12. The highest BCUT2D eigenvalue weighted by molar-refractivity contribution is 5.91. The van der Waals surface area contributed by atoms with Crippen LogP contribution >= 0.6 is 0 Å². The molecule has 2 heterocycles. The number of aromatic nitrogens is 1. The number of hydrogen-bond acceptors (Lipinski definition) is 5. The predicted octanol–water partition coefficient (Wildman–Crippen LogP) is 0.900. The zero-order chi connectivity index (χ0) is 13.0. The van der Waals surface area contributed by atoms with Gasteiger partial charge in [0.2, 0.25) is 0 Å². The van der Waals surface area contributed by atoms with E-state index in [1.54, 1.807) is 6.07 Å². The van der Waals surface area contributed by atoms with Gasteiger partial charge in [-0.15, -0.1) is 0 Å². The molecule has 1 aliphatic rings. The maximum absolute atomic E-state index is 11.2. The molecule has 0 radical (unpaired) electrons. The van der Waals surface area contributed by atoms with Crippen molar-refractivity contribution in [2.45, 2.75) is 32.7 Å². The molecule has 1 fully saturated rings. The first kappa shape index (κ1) is 13.0. The molecule has 2 rings (SSSR count). The van der Waals surface area contributed by atoms with E-state index in [1.807, 2.05) is 5.43 Å². The maximum Gasteiger partial charge on any atom is 0.287 e. The fourth-order valence-corrected chi connectivity index (χ4v) is 2.49. The zero-order valence-corrected chi connectivity index (χ0v) is 10.7. The molecule has 0 spiro atoms. The van der Waals surface area contributed by atoms with Gasteiger partial charge in [0.1, 0.15) is 0 Å². The van der Waals surface area contributed by atoms with E-state index in [4.69, 9.17) is 10.4 Å². The average molecular weight is 252 g/mol. The highest BCUT2D eigenvalue weighted by Gasteiger charge is 2.23. The summed E-state index contributed by atoms with van der Waals surface area (Å²) >= 11 is 0. The van der Waals surface area contributed by atoms with E-state index in [0.29, 0.717) is 12.3 Å². The smallest absolute Gasteiger partial charge is 0.287 e. The summed E-state index contributed by atoms with van der Waals surface area (Å²) in [4.78, 5) is 13.6. The van der Waals surface area contributed by atoms with Crippen molar-refractivity contribution in [1.29, 1.82) is 0 Å². The van der Waals surface area contributed by atoms with Gasteiger partial charge in [0.25, 0.3) is 5.91 Å². The summed E-state index contributed by atoms with van der Waals surface area (Å²) in [5, 5.41) is 3.69. The molecule has 0 bridgehead atoms. The van der Waals surface area contributed by atoms with Crippen molar-refractivity contribution in [3.8, 4) is 0 Å². The molecule has 1 aromatic heterocycles. The van der Waals surface area contributed by atoms with Crippen LogP contribution in [0.2, 0.25) is 0 Å². The van der Waals surface area contributed by atoms with Crippen LogP contribution in [0.15, 0.2) is 10.6 Å². The molecule has 100 valence electrons. The minimum Gasteiger partial charge on any atom is -0.359 e. The van der Waals surface area contributed by atoms with Crippen LogP contribution in [0.5, 0.6) is 0 Å². The SMILES string of the molecule is CCCC1CCN(Cc2cc(C(=O)NN)no2)C1. The number of amides is 1. The van der Waals surface area contributed by atoms with Crippen LogP contribution in [-0.2, 0) is 6.54 Å². The number of hydrazine groups is 1. The second-order valence-corrected chi connectivity index (χ2v) is 4.83. The molecule has 6 nitrogen and oxygen atoms in total. The minimum absolute atomic E-state index is 0.233. The monoisotopic (exact) mass is 252 g/mol. The number of rotatable bonds is 5. The van der Waals surface area contributed by atoms with Crippen LogP contribution < -0.4 is 11.3 Å². The Hall–Kier alpha value is -1.40. The number of nitrogens with zero attached hydrogens (tertiary/aromatic N) is 2. The molecule has 1 unspecified atom stereocenters. The van der Waals surface area contributed by atoms with Gasteiger partial charge in [0.05, 0.1) is 6.54 Å². The summed E-state index contributed by atoms with van der Waals surface area (Å²) in [7, 11) is 0. The molecule has 0 aromatic carbocycles. The van der Waals surface area contributed by atoms with Crippen molar-refractivity contribution in [2.24, 2.45) is 11.8 Å². The van der Waals surface area contributed by atoms with Crippen LogP contribution in [0.4, 0.5) is 0 Å². The fourth-order valence-electron chi connectivity index (χ4n) is 2.49. The Morgan fingerprint density at radius 2 is 2.56 bits per heavy atom. The maximum atomic E-state index is 11.2.